The Morgan fingerprint density at radius 1 is 1.42 bits per heavy atom. The number of aromatic hydroxyl groups is 1. The van der Waals surface area contributed by atoms with Gasteiger partial charge < -0.3 is 14.9 Å². The molecule has 0 atom stereocenters. The fraction of sp³-hybridized carbons (Fsp3) is 0.167. The number of halogens is 1. The van der Waals surface area contributed by atoms with E-state index in [0.29, 0.717) is 5.69 Å². The molecule has 2 N–H and O–H groups in total. The van der Waals surface area contributed by atoms with Gasteiger partial charge in [0.15, 0.2) is 5.69 Å². The number of nitrogens with zero attached hydrogens (tertiary/aromatic N) is 2. The molecule has 0 radical (unpaired) electrons. The summed E-state index contributed by atoms with van der Waals surface area (Å²) < 4.78 is 19.5. The second-order valence-electron chi connectivity index (χ2n) is 3.85. The van der Waals surface area contributed by atoms with E-state index in [1.807, 2.05) is 0 Å². The van der Waals surface area contributed by atoms with Gasteiger partial charge in [0.25, 0.3) is 0 Å². The van der Waals surface area contributed by atoms with Crippen LogP contribution in [0.4, 0.5) is 4.39 Å². The molecule has 19 heavy (non-hydrogen) atoms. The fourth-order valence-electron chi connectivity index (χ4n) is 1.79. The molecule has 7 heteroatoms. The highest BCUT2D eigenvalue weighted by molar-refractivity contribution is 5.88. The summed E-state index contributed by atoms with van der Waals surface area (Å²) in [6, 6.07) is 3.30. The second kappa shape index (κ2) is 4.60. The molecule has 0 aliphatic heterocycles. The number of aryl methyl sites for hydroxylation is 1. The van der Waals surface area contributed by atoms with Crippen LogP contribution in [0.25, 0.3) is 11.3 Å². The van der Waals surface area contributed by atoms with Crippen LogP contribution in [0.2, 0.25) is 0 Å². The standard InChI is InChI=1S/C12H11FN2O4/c1-15-8(5-7(14-15)12(17)18)11-9(16)3-6(13)4-10(11)19-2/h3-5,16H,1-2H3,(H,17,18). The maximum atomic E-state index is 13.2. The molecule has 2 aromatic rings. The van der Waals surface area contributed by atoms with Gasteiger partial charge in [0, 0.05) is 19.2 Å². The van der Waals surface area contributed by atoms with Crippen LogP contribution < -0.4 is 4.74 Å². The van der Waals surface area contributed by atoms with Crippen molar-refractivity contribution >= 4 is 5.97 Å². The van der Waals surface area contributed by atoms with Crippen LogP contribution in [0, 0.1) is 5.82 Å². The highest BCUT2D eigenvalue weighted by Gasteiger charge is 2.20. The van der Waals surface area contributed by atoms with Crippen LogP contribution >= 0.6 is 0 Å². The van der Waals surface area contributed by atoms with E-state index in [9.17, 15) is 14.3 Å². The highest BCUT2D eigenvalue weighted by Crippen LogP contribution is 2.38. The number of carbonyl (C=O) groups is 1. The lowest BCUT2D eigenvalue weighted by Crippen LogP contribution is -2.00. The minimum absolute atomic E-state index is 0.0949. The molecule has 0 spiro atoms. The lowest BCUT2D eigenvalue weighted by molar-refractivity contribution is 0.0689. The van der Waals surface area contributed by atoms with Gasteiger partial charge in [-0.25, -0.2) is 9.18 Å². The minimum atomic E-state index is -1.19. The monoisotopic (exact) mass is 266 g/mol. The molecule has 6 nitrogen and oxygen atoms in total. The van der Waals surface area contributed by atoms with E-state index in [0.717, 1.165) is 12.1 Å². The van der Waals surface area contributed by atoms with Crippen LogP contribution in [0.3, 0.4) is 0 Å². The molecule has 0 aliphatic carbocycles. The smallest absolute Gasteiger partial charge is 0.356 e. The zero-order valence-corrected chi connectivity index (χ0v) is 10.2. The third-order valence-electron chi connectivity index (χ3n) is 2.62. The van der Waals surface area contributed by atoms with Crippen molar-refractivity contribution in [3.8, 4) is 22.8 Å². The third-order valence-corrected chi connectivity index (χ3v) is 2.62. The van der Waals surface area contributed by atoms with Crippen molar-refractivity contribution in [1.82, 2.24) is 9.78 Å². The van der Waals surface area contributed by atoms with Gasteiger partial charge in [-0.05, 0) is 6.07 Å². The number of hydrogen-bond donors (Lipinski definition) is 2. The summed E-state index contributed by atoms with van der Waals surface area (Å²) in [5.41, 5.74) is 0.321. The van der Waals surface area contributed by atoms with E-state index in [1.165, 1.54) is 24.9 Å². The first kappa shape index (κ1) is 12.9. The number of aromatic nitrogens is 2. The predicted octanol–water partition coefficient (Wildman–Crippen LogP) is 1.64. The molecule has 0 aliphatic rings. The van der Waals surface area contributed by atoms with Crippen molar-refractivity contribution in [3.05, 3.63) is 29.7 Å². The maximum absolute atomic E-state index is 13.2. The molecule has 0 bridgehead atoms. The van der Waals surface area contributed by atoms with Gasteiger partial charge in [0.2, 0.25) is 0 Å². The Morgan fingerprint density at radius 3 is 2.63 bits per heavy atom. The van der Waals surface area contributed by atoms with Crippen LogP contribution in [0.15, 0.2) is 18.2 Å². The number of methoxy groups -OCH3 is 1. The van der Waals surface area contributed by atoms with Gasteiger partial charge in [-0.1, -0.05) is 0 Å². The largest absolute Gasteiger partial charge is 0.507 e. The summed E-state index contributed by atoms with van der Waals surface area (Å²) in [5, 5.41) is 22.5. The molecule has 0 saturated carbocycles. The Hall–Kier alpha value is -2.57. The first-order chi connectivity index (χ1) is 8.93. The van der Waals surface area contributed by atoms with Crippen LogP contribution in [0.1, 0.15) is 10.5 Å². The number of ether oxygens (including phenoxy) is 1. The van der Waals surface area contributed by atoms with Crippen molar-refractivity contribution in [3.63, 3.8) is 0 Å². The van der Waals surface area contributed by atoms with Gasteiger partial charge in [-0.15, -0.1) is 0 Å². The van der Waals surface area contributed by atoms with Crippen molar-refractivity contribution in [2.45, 2.75) is 0 Å². The summed E-state index contributed by atoms with van der Waals surface area (Å²) in [5.74, 6) is -2.10. The number of phenolic OH excluding ortho intramolecular Hbond substituents is 1. The molecule has 0 unspecified atom stereocenters. The molecule has 0 saturated heterocycles. The van der Waals surface area contributed by atoms with E-state index >= 15 is 0 Å². The van der Waals surface area contributed by atoms with Crippen molar-refractivity contribution in [1.29, 1.82) is 0 Å². The van der Waals surface area contributed by atoms with Crippen LogP contribution in [-0.2, 0) is 7.05 Å². The van der Waals surface area contributed by atoms with E-state index in [-0.39, 0.29) is 22.8 Å². The molecule has 1 aromatic heterocycles. The topological polar surface area (TPSA) is 84.6 Å². The van der Waals surface area contributed by atoms with E-state index < -0.39 is 11.8 Å². The normalized spacial score (nSPS) is 10.5. The van der Waals surface area contributed by atoms with E-state index in [4.69, 9.17) is 9.84 Å². The fourth-order valence-corrected chi connectivity index (χ4v) is 1.79. The van der Waals surface area contributed by atoms with Crippen molar-refractivity contribution in [2.24, 2.45) is 7.05 Å². The average molecular weight is 266 g/mol. The van der Waals surface area contributed by atoms with Gasteiger partial charge in [-0.2, -0.15) is 5.10 Å². The summed E-state index contributed by atoms with van der Waals surface area (Å²) in [7, 11) is 2.84. The van der Waals surface area contributed by atoms with E-state index in [2.05, 4.69) is 5.10 Å². The van der Waals surface area contributed by atoms with Gasteiger partial charge in [0.1, 0.15) is 17.3 Å². The number of carboxylic acid groups (broad SMARTS) is 1. The Balaban J connectivity index is 2.68. The molecule has 2 rings (SSSR count). The zero-order chi connectivity index (χ0) is 14.2. The highest BCUT2D eigenvalue weighted by atomic mass is 19.1. The molecule has 100 valence electrons. The number of hydrogen-bond acceptors (Lipinski definition) is 4. The molecule has 0 fully saturated rings. The average Bonchev–Trinajstić information content (AvgIpc) is 2.70. The summed E-state index contributed by atoms with van der Waals surface area (Å²) in [6.45, 7) is 0. The molecular formula is C12H11FN2O4. The Bertz CT molecular complexity index is 651. The number of phenols is 1. The molecule has 1 aromatic carbocycles. The Kier molecular flexibility index (Phi) is 3.12. The minimum Gasteiger partial charge on any atom is -0.507 e. The Morgan fingerprint density at radius 2 is 2.11 bits per heavy atom. The summed E-state index contributed by atoms with van der Waals surface area (Å²) >= 11 is 0. The van der Waals surface area contributed by atoms with Crippen molar-refractivity contribution in [2.75, 3.05) is 7.11 Å². The first-order valence-corrected chi connectivity index (χ1v) is 5.28. The second-order valence-corrected chi connectivity index (χ2v) is 3.85. The van der Waals surface area contributed by atoms with Crippen LogP contribution in [-0.4, -0.2) is 33.1 Å². The van der Waals surface area contributed by atoms with E-state index in [1.54, 1.807) is 0 Å². The SMILES string of the molecule is COc1cc(F)cc(O)c1-c1cc(C(=O)O)nn1C. The summed E-state index contributed by atoms with van der Waals surface area (Å²) in [4.78, 5) is 10.9. The van der Waals surface area contributed by atoms with Crippen molar-refractivity contribution < 1.29 is 24.1 Å². The number of rotatable bonds is 3. The third kappa shape index (κ3) is 2.22. The lowest BCUT2D eigenvalue weighted by atomic mass is 10.1. The summed E-state index contributed by atoms with van der Waals surface area (Å²) in [6.07, 6.45) is 0. The molecule has 1 heterocycles. The van der Waals surface area contributed by atoms with Gasteiger partial charge in [0.05, 0.1) is 18.4 Å². The quantitative estimate of drug-likeness (QED) is 0.882. The van der Waals surface area contributed by atoms with Crippen LogP contribution in [0.5, 0.6) is 11.5 Å². The number of benzene rings is 1. The lowest BCUT2D eigenvalue weighted by Gasteiger charge is -2.10. The first-order valence-electron chi connectivity index (χ1n) is 5.28. The van der Waals surface area contributed by atoms with Gasteiger partial charge >= 0.3 is 5.97 Å². The van der Waals surface area contributed by atoms with Gasteiger partial charge in [-0.3, -0.25) is 4.68 Å². The number of aromatic carboxylic acids is 1. The predicted molar refractivity (Wildman–Crippen MR) is 63.8 cm³/mol. The zero-order valence-electron chi connectivity index (χ0n) is 10.2. The molecule has 0 amide bonds. The number of carboxylic acids is 1. The Labute approximate surface area is 107 Å². The molecular weight excluding hydrogens is 255 g/mol. The maximum Gasteiger partial charge on any atom is 0.356 e.